The number of carbonyl (C=O) groups excluding carboxylic acids is 2. The molecule has 0 spiro atoms. The predicted octanol–water partition coefficient (Wildman–Crippen LogP) is 10.4. The van der Waals surface area contributed by atoms with Gasteiger partial charge in [0.15, 0.2) is 0 Å². The monoisotopic (exact) mass is 1410 g/mol. The van der Waals surface area contributed by atoms with Crippen LogP contribution in [-0.2, 0) is 64.3 Å². The highest BCUT2D eigenvalue weighted by molar-refractivity contribution is 5.79. The van der Waals surface area contributed by atoms with Crippen molar-refractivity contribution >= 4 is 72.7 Å². The van der Waals surface area contributed by atoms with Crippen LogP contribution in [-0.4, -0.2) is 115 Å². The van der Waals surface area contributed by atoms with Gasteiger partial charge in [-0.15, -0.1) is 0 Å². The molecule has 2 aliphatic carbocycles. The maximum Gasteiger partial charge on any atom is 0.306 e. The van der Waals surface area contributed by atoms with E-state index in [1.807, 2.05) is 12.2 Å². The van der Waals surface area contributed by atoms with Crippen molar-refractivity contribution in [3.63, 3.8) is 0 Å². The van der Waals surface area contributed by atoms with Crippen LogP contribution in [0.4, 0.5) is 0 Å². The fourth-order valence-corrected chi connectivity index (χ4v) is 15.3. The van der Waals surface area contributed by atoms with Gasteiger partial charge in [-0.05, 0) is 209 Å². The van der Waals surface area contributed by atoms with E-state index in [0.717, 1.165) is 156 Å². The Balaban J connectivity index is 0.000000208. The summed E-state index contributed by atoms with van der Waals surface area (Å²) in [6.45, 7) is 41.8. The zero-order valence-electron chi connectivity index (χ0n) is 62.0. The molecule has 0 aromatic carbocycles. The number of aliphatic hydroxyl groups excluding tert-OH is 4. The van der Waals surface area contributed by atoms with Crippen LogP contribution in [0.2, 0.25) is 0 Å². The van der Waals surface area contributed by atoms with Gasteiger partial charge in [0.1, 0.15) is 37.9 Å². The quantitative estimate of drug-likeness (QED) is 0.00883. The molecule has 12 rings (SSSR count). The summed E-state index contributed by atoms with van der Waals surface area (Å²) in [6, 6.07) is 0. The second kappa shape index (κ2) is 31.5. The van der Waals surface area contributed by atoms with Gasteiger partial charge in [-0.3, -0.25) is 9.59 Å². The highest BCUT2D eigenvalue weighted by Crippen LogP contribution is 2.56. The average molecular weight is 1410 g/mol. The number of H-pyrrole nitrogens is 6. The van der Waals surface area contributed by atoms with Crippen LogP contribution in [0.3, 0.4) is 0 Å². The topological polar surface area (TPSA) is 289 Å². The van der Waals surface area contributed by atoms with E-state index in [9.17, 15) is 19.8 Å². The fourth-order valence-electron chi connectivity index (χ4n) is 15.3. The number of ether oxygens (including phenoxy) is 2. The Morgan fingerprint density at radius 2 is 0.817 bits per heavy atom. The molecule has 12 N–H and O–H groups in total. The molecule has 548 valence electrons. The fraction of sp³-hybridized carbons (Fsp3) is 0.357. The maximum atomic E-state index is 12.6. The van der Waals surface area contributed by atoms with Crippen LogP contribution in [0.15, 0.2) is 107 Å². The normalized spacial score (nSPS) is 18.9. The van der Waals surface area contributed by atoms with Crippen molar-refractivity contribution in [2.45, 2.75) is 122 Å². The van der Waals surface area contributed by atoms with E-state index in [4.69, 9.17) is 39.2 Å². The summed E-state index contributed by atoms with van der Waals surface area (Å²) in [5, 5.41) is 47.9. The van der Waals surface area contributed by atoms with Gasteiger partial charge in [-0.25, -0.2) is 0 Å². The molecular weight excluding hydrogens is 1310 g/mol. The molecule has 0 saturated carbocycles. The number of hydrogen-bond acceptors (Lipinski definition) is 14. The maximum absolute atomic E-state index is 12.6. The molecule has 6 aromatic rings. The first-order chi connectivity index (χ1) is 49.8. The summed E-state index contributed by atoms with van der Waals surface area (Å²) in [5.41, 5.74) is 28.3. The molecule has 2 saturated heterocycles. The second-order valence-corrected chi connectivity index (χ2v) is 28.1. The predicted molar refractivity (Wildman–Crippen MR) is 409 cm³/mol. The minimum atomic E-state index is -0.371. The van der Waals surface area contributed by atoms with Crippen molar-refractivity contribution in [3.8, 4) is 0 Å². The average Bonchev–Trinajstić information content (AvgIpc) is 1.57. The Hall–Kier alpha value is -10.1. The minimum Gasteiger partial charge on any atom is -0.463 e. The zero-order valence-corrected chi connectivity index (χ0v) is 62.0. The molecular formula is C84H100N8O12. The molecule has 2 fully saturated rings. The SMILES string of the molecule is C=Cc1c2[nH]c(c1C)C=C1NC(=Cc3[nH]c(c(CC(=C)OOCCO)c3C)C=c3[nH]c(c(C)c3CCC(=O)OCCO)=C2)[C@@]2(C)C1=CC=C(C)[C@H]2C.C=Cc1c2[nH]c(c1C)C=c1[nH]c(c(CC(=C)OOCCO)c1C)=Cc1[nH]c(c(C)c1CCC(=O)OCCO)C=C1NC(=C2)C2(C)C1=CC=C(C)C2C. The van der Waals surface area contributed by atoms with E-state index in [1.54, 1.807) is 0 Å². The second-order valence-electron chi connectivity index (χ2n) is 28.1. The summed E-state index contributed by atoms with van der Waals surface area (Å²) < 4.78 is 10.4. The number of nitrogens with one attached hydrogen (secondary N) is 8. The molecule has 104 heavy (non-hydrogen) atoms. The van der Waals surface area contributed by atoms with Crippen LogP contribution in [0.25, 0.3) is 60.8 Å². The van der Waals surface area contributed by atoms with Gasteiger partial charge < -0.3 is 80.2 Å². The molecule has 0 radical (unpaired) electrons. The van der Waals surface area contributed by atoms with E-state index >= 15 is 0 Å². The van der Waals surface area contributed by atoms with Crippen LogP contribution in [0.5, 0.6) is 0 Å². The largest absolute Gasteiger partial charge is 0.463 e. The van der Waals surface area contributed by atoms with E-state index in [2.05, 4.69) is 223 Å². The zero-order chi connectivity index (χ0) is 74.6. The Labute approximate surface area is 607 Å². The molecule has 4 aliphatic heterocycles. The number of aromatic nitrogens is 6. The first kappa shape index (κ1) is 75.1. The number of aliphatic hydroxyl groups is 4. The van der Waals surface area contributed by atoms with Gasteiger partial charge in [0.25, 0.3) is 0 Å². The molecule has 0 amide bonds. The molecule has 20 heteroatoms. The van der Waals surface area contributed by atoms with Gasteiger partial charge in [0, 0.05) is 137 Å². The molecule has 4 atom stereocenters. The molecule has 2 unspecified atom stereocenters. The third-order valence-corrected chi connectivity index (χ3v) is 22.1. The van der Waals surface area contributed by atoms with Gasteiger partial charge in [0.05, 0.1) is 26.4 Å². The number of fused-ring (bicyclic) bond motifs is 22. The Bertz CT molecular complexity index is 4990. The number of allylic oxidation sites excluding steroid dienone is 12. The molecule has 6 aliphatic rings. The first-order valence-electron chi connectivity index (χ1n) is 35.7. The van der Waals surface area contributed by atoms with Gasteiger partial charge in [0.2, 0.25) is 0 Å². The number of hydrogen-bond donors (Lipinski definition) is 12. The first-order valence-corrected chi connectivity index (χ1v) is 35.7. The number of rotatable bonds is 24. The van der Waals surface area contributed by atoms with Crippen molar-refractivity contribution in [1.29, 1.82) is 0 Å². The number of carbonyl (C=O) groups is 2. The van der Waals surface area contributed by atoms with E-state index in [0.29, 0.717) is 37.2 Å². The molecule has 20 nitrogen and oxygen atoms in total. The molecule has 10 heterocycles. The van der Waals surface area contributed by atoms with Crippen LogP contribution >= 0.6 is 0 Å². The van der Waals surface area contributed by atoms with Crippen LogP contribution < -0.4 is 32.0 Å². The lowest BCUT2D eigenvalue weighted by Gasteiger charge is -2.36. The summed E-state index contributed by atoms with van der Waals surface area (Å²) in [6.07, 6.45) is 31.8. The van der Waals surface area contributed by atoms with Gasteiger partial charge in [-0.2, -0.15) is 9.78 Å². The molecule has 16 bridgehead atoms. The Morgan fingerprint density at radius 3 is 1.31 bits per heavy atom. The Kier molecular flexibility index (Phi) is 22.7. The smallest absolute Gasteiger partial charge is 0.306 e. The van der Waals surface area contributed by atoms with Gasteiger partial charge >= 0.3 is 11.9 Å². The summed E-state index contributed by atoms with van der Waals surface area (Å²) in [5.74, 6) is 0.537. The third kappa shape index (κ3) is 14.6. The highest BCUT2D eigenvalue weighted by Gasteiger charge is 2.49. The third-order valence-electron chi connectivity index (χ3n) is 22.1. The van der Waals surface area contributed by atoms with Crippen molar-refractivity contribution in [2.75, 3.05) is 52.9 Å². The van der Waals surface area contributed by atoms with Crippen molar-refractivity contribution < 1.29 is 59.0 Å². The van der Waals surface area contributed by atoms with Crippen molar-refractivity contribution in [2.24, 2.45) is 22.7 Å². The summed E-state index contributed by atoms with van der Waals surface area (Å²) in [4.78, 5) is 68.5. The van der Waals surface area contributed by atoms with Crippen LogP contribution in [0, 0.1) is 64.2 Å². The van der Waals surface area contributed by atoms with Crippen LogP contribution in [0.1, 0.15) is 167 Å². The number of aromatic amines is 6. The summed E-state index contributed by atoms with van der Waals surface area (Å²) in [7, 11) is 0. The van der Waals surface area contributed by atoms with E-state index in [1.165, 1.54) is 22.3 Å². The minimum absolute atomic E-state index is 0.0304. The lowest BCUT2D eigenvalue weighted by Crippen LogP contribution is -2.30. The van der Waals surface area contributed by atoms with Crippen molar-refractivity contribution in [3.05, 3.63) is 241 Å². The standard InChI is InChI=1S/2C42H50N4O6/c1-9-29-25(4)34-20-39-32-12-10-23(2)28(7)42(32,8)40(46-39)22-35-27(6)31(18-24(3)52-51-17-15-48)38(45-35)21-37-30(11-13-41(49)50-16-14-47)26(5)33(44-37)19-36(29)43-34;1-9-29-25(4)33-19-34-27(6)31(18-24(3)52-51-17-15-48)37(44-34)21-36-30(11-13-41(49)50-16-14-47)26(5)35(43-36)20-39-32-12-10-23(2)28(7)42(32,8)40(46-39)22-38(29)45-33/h2*9-10,12,19-22,28,43-48H,1,3,11,13-18H2,2,4-8H3/t28-,42-;/m1./s1. The highest BCUT2D eigenvalue weighted by atomic mass is 17.2. The molecule has 6 aromatic heterocycles. The lowest BCUT2D eigenvalue weighted by atomic mass is 9.66. The Morgan fingerprint density at radius 1 is 0.442 bits per heavy atom. The van der Waals surface area contributed by atoms with Crippen molar-refractivity contribution in [1.82, 2.24) is 40.5 Å². The van der Waals surface area contributed by atoms with E-state index in [-0.39, 0.29) is 100 Å². The van der Waals surface area contributed by atoms with E-state index < -0.39 is 0 Å². The number of esters is 2. The lowest BCUT2D eigenvalue weighted by molar-refractivity contribution is -0.266. The summed E-state index contributed by atoms with van der Waals surface area (Å²) >= 11 is 0. The van der Waals surface area contributed by atoms with Gasteiger partial charge in [-0.1, -0.05) is 87.8 Å².